The van der Waals surface area contributed by atoms with Crippen molar-refractivity contribution >= 4 is 11.9 Å². The topological polar surface area (TPSA) is 126 Å². The number of aromatic amines is 1. The lowest BCUT2D eigenvalue weighted by Crippen LogP contribution is -2.28. The van der Waals surface area contributed by atoms with Gasteiger partial charge in [-0.1, -0.05) is 6.07 Å². The highest BCUT2D eigenvalue weighted by Gasteiger charge is 2.29. The van der Waals surface area contributed by atoms with E-state index in [-0.39, 0.29) is 22.9 Å². The molecule has 3 heterocycles. The van der Waals surface area contributed by atoms with Crippen molar-refractivity contribution < 1.29 is 23.8 Å². The quantitative estimate of drug-likeness (QED) is 0.498. The van der Waals surface area contributed by atoms with E-state index in [1.165, 1.54) is 31.6 Å². The Labute approximate surface area is 188 Å². The first-order chi connectivity index (χ1) is 16.0. The van der Waals surface area contributed by atoms with Crippen LogP contribution in [-0.4, -0.2) is 52.4 Å². The second-order valence-electron chi connectivity index (χ2n) is 7.60. The normalized spacial score (nSPS) is 15.1. The first kappa shape index (κ1) is 22.4. The van der Waals surface area contributed by atoms with Crippen molar-refractivity contribution in [1.82, 2.24) is 15.0 Å². The molecule has 2 aromatic heterocycles. The summed E-state index contributed by atoms with van der Waals surface area (Å²) < 4.78 is 24.6. The smallest absolute Gasteiger partial charge is 0.315 e. The summed E-state index contributed by atoms with van der Waals surface area (Å²) in [6.45, 7) is 1.29. The number of aliphatic carboxylic acids is 1. The zero-order valence-electron chi connectivity index (χ0n) is 17.9. The van der Waals surface area contributed by atoms with Crippen LogP contribution in [0.2, 0.25) is 0 Å². The minimum atomic E-state index is -1.42. The summed E-state index contributed by atoms with van der Waals surface area (Å²) in [6, 6.07) is 7.15. The first-order valence-electron chi connectivity index (χ1n) is 10.4. The summed E-state index contributed by atoms with van der Waals surface area (Å²) in [5.41, 5.74) is 0.146. The van der Waals surface area contributed by atoms with E-state index in [1.54, 1.807) is 12.1 Å². The molecule has 0 spiro atoms. The molecule has 1 saturated heterocycles. The minimum Gasteiger partial charge on any atom is -0.494 e. The van der Waals surface area contributed by atoms with Crippen LogP contribution in [0, 0.1) is 5.82 Å². The molecule has 1 unspecified atom stereocenters. The van der Waals surface area contributed by atoms with Crippen molar-refractivity contribution in [3.05, 3.63) is 70.0 Å². The Hall–Kier alpha value is -3.79. The Morgan fingerprint density at radius 3 is 2.79 bits per heavy atom. The summed E-state index contributed by atoms with van der Waals surface area (Å²) in [5.74, 6) is -3.10. The molecule has 0 amide bonds. The monoisotopic (exact) mass is 454 g/mol. The number of nitrogens with one attached hydrogen (secondary N) is 2. The predicted octanol–water partition coefficient (Wildman–Crippen LogP) is 2.79. The highest BCUT2D eigenvalue weighted by atomic mass is 19.1. The fraction of sp³-hybridized carbons (Fsp3) is 0.304. The van der Waals surface area contributed by atoms with Crippen LogP contribution in [0.3, 0.4) is 0 Å². The number of anilines is 1. The molecule has 1 aliphatic heterocycles. The molecular formula is C23H23FN4O5. The maximum Gasteiger partial charge on any atom is 0.315 e. The van der Waals surface area contributed by atoms with Crippen molar-refractivity contribution in [3.8, 4) is 17.0 Å². The molecule has 1 aliphatic rings. The second kappa shape index (κ2) is 9.78. The fourth-order valence-electron chi connectivity index (χ4n) is 3.90. The summed E-state index contributed by atoms with van der Waals surface area (Å²) in [6.07, 6.45) is 4.59. The molecule has 4 rings (SSSR count). The average Bonchev–Trinajstić information content (AvgIpc) is 2.81. The van der Waals surface area contributed by atoms with Crippen LogP contribution in [0.5, 0.6) is 5.75 Å². The third-order valence-electron chi connectivity index (χ3n) is 5.53. The third kappa shape index (κ3) is 4.85. The molecule has 0 bridgehead atoms. The number of carboxylic acid groups (broad SMARTS) is 1. The number of H-pyrrole nitrogens is 1. The summed E-state index contributed by atoms with van der Waals surface area (Å²) in [5, 5.41) is 13.3. The largest absolute Gasteiger partial charge is 0.494 e. The van der Waals surface area contributed by atoms with Gasteiger partial charge in [0.05, 0.1) is 12.8 Å². The van der Waals surface area contributed by atoms with Gasteiger partial charge in [-0.15, -0.1) is 0 Å². The Kier molecular flexibility index (Phi) is 6.64. The molecule has 1 aromatic carbocycles. The van der Waals surface area contributed by atoms with Crippen molar-refractivity contribution in [1.29, 1.82) is 0 Å². The molecule has 3 N–H and O–H groups in total. The standard InChI is InChI=1S/C23H23FN4O5/c1-32-18-3-2-13(12-16(18)24)19(22(30)31)20-15(4-8-25-21(20)29)17-5-9-26-23(28-17)27-14-6-10-33-11-7-14/h2-5,8-9,12,14,19H,6-7,10-11H2,1H3,(H,25,29)(H,30,31)(H,26,27,28). The van der Waals surface area contributed by atoms with Gasteiger partial charge in [-0.05, 0) is 42.7 Å². The number of carbonyl (C=O) groups is 1. The number of halogens is 1. The fourth-order valence-corrected chi connectivity index (χ4v) is 3.90. The molecule has 0 saturated carbocycles. The molecular weight excluding hydrogens is 431 g/mol. The number of nitrogens with zero attached hydrogens (tertiary/aromatic N) is 2. The van der Waals surface area contributed by atoms with Gasteiger partial charge >= 0.3 is 5.97 Å². The van der Waals surface area contributed by atoms with Crippen LogP contribution in [0.4, 0.5) is 10.3 Å². The van der Waals surface area contributed by atoms with Gasteiger partial charge in [-0.2, -0.15) is 0 Å². The van der Waals surface area contributed by atoms with Gasteiger partial charge in [0.1, 0.15) is 5.92 Å². The van der Waals surface area contributed by atoms with Gasteiger partial charge in [0, 0.05) is 42.8 Å². The van der Waals surface area contributed by atoms with Gasteiger partial charge < -0.3 is 24.9 Å². The van der Waals surface area contributed by atoms with E-state index in [2.05, 4.69) is 20.3 Å². The van der Waals surface area contributed by atoms with E-state index in [0.717, 1.165) is 18.9 Å². The lowest BCUT2D eigenvalue weighted by molar-refractivity contribution is -0.137. The molecule has 10 heteroatoms. The first-order valence-corrected chi connectivity index (χ1v) is 10.4. The van der Waals surface area contributed by atoms with Crippen molar-refractivity contribution in [2.45, 2.75) is 24.8 Å². The number of rotatable bonds is 7. The SMILES string of the molecule is COc1ccc(C(C(=O)O)c2c(-c3ccnc(NC4CCOCC4)n3)cc[nH]c2=O)cc1F. The number of pyridine rings is 1. The highest BCUT2D eigenvalue weighted by molar-refractivity contribution is 5.84. The number of methoxy groups -OCH3 is 1. The van der Waals surface area contributed by atoms with Crippen LogP contribution in [0.1, 0.15) is 29.9 Å². The van der Waals surface area contributed by atoms with Crippen LogP contribution in [0.15, 0.2) is 47.5 Å². The van der Waals surface area contributed by atoms with Crippen LogP contribution in [0.25, 0.3) is 11.3 Å². The van der Waals surface area contributed by atoms with Crippen LogP contribution in [-0.2, 0) is 9.53 Å². The molecule has 33 heavy (non-hydrogen) atoms. The molecule has 0 aliphatic carbocycles. The van der Waals surface area contributed by atoms with E-state index in [4.69, 9.17) is 9.47 Å². The lowest BCUT2D eigenvalue weighted by atomic mass is 9.88. The number of hydrogen-bond donors (Lipinski definition) is 3. The van der Waals surface area contributed by atoms with Gasteiger partial charge in [0.2, 0.25) is 5.95 Å². The van der Waals surface area contributed by atoms with E-state index in [9.17, 15) is 19.1 Å². The molecule has 0 radical (unpaired) electrons. The highest BCUT2D eigenvalue weighted by Crippen LogP contribution is 2.32. The summed E-state index contributed by atoms with van der Waals surface area (Å²) in [7, 11) is 1.31. The van der Waals surface area contributed by atoms with Gasteiger partial charge in [0.15, 0.2) is 11.6 Å². The Morgan fingerprint density at radius 2 is 2.09 bits per heavy atom. The molecule has 1 atom stereocenters. The number of aromatic nitrogens is 3. The van der Waals surface area contributed by atoms with E-state index in [1.807, 2.05) is 0 Å². The zero-order valence-corrected chi connectivity index (χ0v) is 17.9. The Bertz CT molecular complexity index is 1210. The minimum absolute atomic E-state index is 0.0234. The molecule has 1 fully saturated rings. The summed E-state index contributed by atoms with van der Waals surface area (Å²) in [4.78, 5) is 36.4. The van der Waals surface area contributed by atoms with Crippen LogP contribution >= 0.6 is 0 Å². The lowest BCUT2D eigenvalue weighted by Gasteiger charge is -2.23. The van der Waals surface area contributed by atoms with Crippen molar-refractivity contribution in [2.75, 3.05) is 25.6 Å². The van der Waals surface area contributed by atoms with Crippen molar-refractivity contribution in [3.63, 3.8) is 0 Å². The van der Waals surface area contributed by atoms with Crippen molar-refractivity contribution in [2.24, 2.45) is 0 Å². The Morgan fingerprint density at radius 1 is 1.30 bits per heavy atom. The average molecular weight is 454 g/mol. The zero-order chi connectivity index (χ0) is 23.4. The predicted molar refractivity (Wildman–Crippen MR) is 118 cm³/mol. The number of ether oxygens (including phenoxy) is 2. The van der Waals surface area contributed by atoms with Crippen LogP contribution < -0.4 is 15.6 Å². The summed E-state index contributed by atoms with van der Waals surface area (Å²) >= 11 is 0. The van der Waals surface area contributed by atoms with Gasteiger partial charge in [-0.3, -0.25) is 9.59 Å². The van der Waals surface area contributed by atoms with E-state index >= 15 is 0 Å². The van der Waals surface area contributed by atoms with E-state index < -0.39 is 23.3 Å². The number of hydrogen-bond acceptors (Lipinski definition) is 7. The Balaban J connectivity index is 1.77. The number of benzene rings is 1. The third-order valence-corrected chi connectivity index (χ3v) is 5.53. The maximum atomic E-state index is 14.3. The molecule has 172 valence electrons. The van der Waals surface area contributed by atoms with Gasteiger partial charge in [0.25, 0.3) is 5.56 Å². The molecule has 9 nitrogen and oxygen atoms in total. The maximum absolute atomic E-state index is 14.3. The number of carboxylic acids is 1. The molecule has 3 aromatic rings. The van der Waals surface area contributed by atoms with Gasteiger partial charge in [-0.25, -0.2) is 14.4 Å². The van der Waals surface area contributed by atoms with E-state index in [0.29, 0.717) is 30.4 Å². The second-order valence-corrected chi connectivity index (χ2v) is 7.60.